The Balaban J connectivity index is 2.03. The van der Waals surface area contributed by atoms with E-state index in [1.54, 1.807) is 13.0 Å². The fourth-order valence-electron chi connectivity index (χ4n) is 2.43. The molecule has 0 radical (unpaired) electrons. The maximum atomic E-state index is 13.2. The van der Waals surface area contributed by atoms with E-state index in [0.29, 0.717) is 24.2 Å². The molecule has 1 aliphatic rings. The first-order valence-corrected chi connectivity index (χ1v) is 6.53. The summed E-state index contributed by atoms with van der Waals surface area (Å²) in [6.07, 6.45) is 1.45. The minimum Gasteiger partial charge on any atom is -0.481 e. The van der Waals surface area contributed by atoms with Gasteiger partial charge in [-0.05, 0) is 43.5 Å². The van der Waals surface area contributed by atoms with Crippen LogP contribution in [0.4, 0.5) is 14.9 Å². The zero-order valence-electron chi connectivity index (χ0n) is 11.2. The average Bonchev–Trinajstić information content (AvgIpc) is 2.81. The van der Waals surface area contributed by atoms with Crippen LogP contribution in [-0.4, -0.2) is 34.6 Å². The molecule has 1 aliphatic heterocycles. The molecular weight excluding hydrogens is 263 g/mol. The third-order valence-corrected chi connectivity index (χ3v) is 3.46. The van der Waals surface area contributed by atoms with Gasteiger partial charge in [-0.3, -0.25) is 4.79 Å². The molecule has 0 aromatic heterocycles. The molecule has 2 amide bonds. The fraction of sp³-hybridized carbons (Fsp3) is 0.429. The van der Waals surface area contributed by atoms with Crippen molar-refractivity contribution in [3.63, 3.8) is 0 Å². The second-order valence-corrected chi connectivity index (χ2v) is 4.98. The van der Waals surface area contributed by atoms with Gasteiger partial charge in [-0.1, -0.05) is 0 Å². The molecule has 1 aromatic rings. The van der Waals surface area contributed by atoms with E-state index in [4.69, 9.17) is 5.11 Å². The molecule has 1 fully saturated rings. The van der Waals surface area contributed by atoms with Crippen LogP contribution in [0.1, 0.15) is 24.8 Å². The van der Waals surface area contributed by atoms with Gasteiger partial charge in [-0.2, -0.15) is 0 Å². The Morgan fingerprint density at radius 1 is 1.50 bits per heavy atom. The first-order chi connectivity index (χ1) is 9.47. The number of amides is 2. The maximum Gasteiger partial charge on any atom is 0.322 e. The molecule has 0 spiro atoms. The number of anilines is 1. The molecule has 1 atom stereocenters. The Hall–Kier alpha value is -2.11. The highest BCUT2D eigenvalue weighted by atomic mass is 19.1. The summed E-state index contributed by atoms with van der Waals surface area (Å²) in [6.45, 7) is 2.16. The molecule has 1 heterocycles. The fourth-order valence-corrected chi connectivity index (χ4v) is 2.43. The summed E-state index contributed by atoms with van der Waals surface area (Å²) in [5, 5.41) is 11.5. The highest BCUT2D eigenvalue weighted by molar-refractivity contribution is 5.90. The van der Waals surface area contributed by atoms with E-state index in [1.807, 2.05) is 0 Å². The van der Waals surface area contributed by atoms with E-state index in [0.717, 1.165) is 6.42 Å². The topological polar surface area (TPSA) is 69.6 Å². The Bertz CT molecular complexity index is 533. The number of rotatable bonds is 3. The van der Waals surface area contributed by atoms with Crippen LogP contribution in [0, 0.1) is 12.7 Å². The molecule has 0 bridgehead atoms. The number of nitrogens with one attached hydrogen (secondary N) is 1. The van der Waals surface area contributed by atoms with Gasteiger partial charge in [-0.15, -0.1) is 0 Å². The summed E-state index contributed by atoms with van der Waals surface area (Å²) < 4.78 is 13.2. The zero-order chi connectivity index (χ0) is 14.7. The molecule has 1 unspecified atom stereocenters. The Kier molecular flexibility index (Phi) is 4.22. The third kappa shape index (κ3) is 3.26. The predicted octanol–water partition coefficient (Wildman–Crippen LogP) is 2.61. The van der Waals surface area contributed by atoms with Crippen molar-refractivity contribution in [1.29, 1.82) is 0 Å². The SMILES string of the molecule is Cc1cc(NC(=O)N2CCCC2CC(=O)O)ccc1F. The summed E-state index contributed by atoms with van der Waals surface area (Å²) in [5.41, 5.74) is 0.959. The number of aryl methyl sites for hydroxylation is 1. The van der Waals surface area contributed by atoms with Gasteiger partial charge < -0.3 is 15.3 Å². The minimum absolute atomic E-state index is 0.0458. The molecular formula is C14H17FN2O3. The van der Waals surface area contributed by atoms with Gasteiger partial charge in [0.1, 0.15) is 5.82 Å². The number of halogens is 1. The summed E-state index contributed by atoms with van der Waals surface area (Å²) in [6, 6.07) is 3.73. The van der Waals surface area contributed by atoms with Gasteiger partial charge in [0.05, 0.1) is 6.42 Å². The van der Waals surface area contributed by atoms with Gasteiger partial charge in [-0.25, -0.2) is 9.18 Å². The summed E-state index contributed by atoms with van der Waals surface area (Å²) >= 11 is 0. The number of aliphatic carboxylic acids is 1. The van der Waals surface area contributed by atoms with Gasteiger partial charge in [0.25, 0.3) is 0 Å². The number of carbonyl (C=O) groups excluding carboxylic acids is 1. The highest BCUT2D eigenvalue weighted by Gasteiger charge is 2.30. The lowest BCUT2D eigenvalue weighted by atomic mass is 10.1. The van der Waals surface area contributed by atoms with E-state index < -0.39 is 5.97 Å². The molecule has 108 valence electrons. The van der Waals surface area contributed by atoms with Crippen LogP contribution >= 0.6 is 0 Å². The van der Waals surface area contributed by atoms with Crippen molar-refractivity contribution >= 4 is 17.7 Å². The van der Waals surface area contributed by atoms with E-state index in [1.165, 1.54) is 17.0 Å². The number of carbonyl (C=O) groups is 2. The maximum absolute atomic E-state index is 13.2. The Morgan fingerprint density at radius 3 is 2.90 bits per heavy atom. The van der Waals surface area contributed by atoms with Gasteiger partial charge in [0, 0.05) is 18.3 Å². The number of urea groups is 1. The smallest absolute Gasteiger partial charge is 0.322 e. The molecule has 20 heavy (non-hydrogen) atoms. The van der Waals surface area contributed by atoms with Crippen molar-refractivity contribution in [2.45, 2.75) is 32.2 Å². The van der Waals surface area contributed by atoms with E-state index in [2.05, 4.69) is 5.32 Å². The Morgan fingerprint density at radius 2 is 2.25 bits per heavy atom. The lowest BCUT2D eigenvalue weighted by Crippen LogP contribution is -2.39. The summed E-state index contributed by atoms with van der Waals surface area (Å²) in [5.74, 6) is -1.24. The highest BCUT2D eigenvalue weighted by Crippen LogP contribution is 2.22. The molecule has 5 nitrogen and oxygen atoms in total. The molecule has 1 aromatic carbocycles. The minimum atomic E-state index is -0.910. The van der Waals surface area contributed by atoms with Crippen molar-refractivity contribution in [3.05, 3.63) is 29.6 Å². The summed E-state index contributed by atoms with van der Waals surface area (Å²) in [4.78, 5) is 24.4. The normalized spacial score (nSPS) is 18.1. The van der Waals surface area contributed by atoms with Gasteiger partial charge >= 0.3 is 12.0 Å². The van der Waals surface area contributed by atoms with Crippen LogP contribution in [0.5, 0.6) is 0 Å². The number of carboxylic acid groups (broad SMARTS) is 1. The summed E-state index contributed by atoms with van der Waals surface area (Å²) in [7, 11) is 0. The van der Waals surface area contributed by atoms with Gasteiger partial charge in [0.15, 0.2) is 0 Å². The molecule has 2 rings (SSSR count). The second-order valence-electron chi connectivity index (χ2n) is 4.98. The number of hydrogen-bond acceptors (Lipinski definition) is 2. The van der Waals surface area contributed by atoms with Crippen LogP contribution in [-0.2, 0) is 4.79 Å². The molecule has 1 saturated heterocycles. The van der Waals surface area contributed by atoms with Crippen LogP contribution < -0.4 is 5.32 Å². The van der Waals surface area contributed by atoms with Crippen molar-refractivity contribution in [2.75, 3.05) is 11.9 Å². The van der Waals surface area contributed by atoms with Crippen LogP contribution in [0.3, 0.4) is 0 Å². The molecule has 6 heteroatoms. The number of hydrogen-bond donors (Lipinski definition) is 2. The molecule has 0 aliphatic carbocycles. The number of benzene rings is 1. The van der Waals surface area contributed by atoms with Crippen LogP contribution in [0.2, 0.25) is 0 Å². The third-order valence-electron chi connectivity index (χ3n) is 3.46. The van der Waals surface area contributed by atoms with Crippen LogP contribution in [0.15, 0.2) is 18.2 Å². The first-order valence-electron chi connectivity index (χ1n) is 6.53. The number of nitrogens with zero attached hydrogens (tertiary/aromatic N) is 1. The number of likely N-dealkylation sites (tertiary alicyclic amines) is 1. The largest absolute Gasteiger partial charge is 0.481 e. The lowest BCUT2D eigenvalue weighted by Gasteiger charge is -2.23. The van der Waals surface area contributed by atoms with Crippen molar-refractivity contribution in [2.24, 2.45) is 0 Å². The van der Waals surface area contributed by atoms with E-state index in [-0.39, 0.29) is 24.3 Å². The lowest BCUT2D eigenvalue weighted by molar-refractivity contribution is -0.137. The Labute approximate surface area is 116 Å². The van der Waals surface area contributed by atoms with E-state index >= 15 is 0 Å². The molecule has 2 N–H and O–H groups in total. The predicted molar refractivity (Wildman–Crippen MR) is 72.1 cm³/mol. The standard InChI is InChI=1S/C14H17FN2O3/c1-9-7-10(4-5-12(9)15)16-14(20)17-6-2-3-11(17)8-13(18)19/h4-5,7,11H,2-3,6,8H2,1H3,(H,16,20)(H,18,19). The van der Waals surface area contributed by atoms with Crippen molar-refractivity contribution in [1.82, 2.24) is 4.90 Å². The average molecular weight is 280 g/mol. The number of carboxylic acids is 1. The monoisotopic (exact) mass is 280 g/mol. The van der Waals surface area contributed by atoms with E-state index in [9.17, 15) is 14.0 Å². The van der Waals surface area contributed by atoms with Gasteiger partial charge in [0.2, 0.25) is 0 Å². The van der Waals surface area contributed by atoms with Crippen molar-refractivity contribution in [3.8, 4) is 0 Å². The molecule has 0 saturated carbocycles. The zero-order valence-corrected chi connectivity index (χ0v) is 11.2. The quantitative estimate of drug-likeness (QED) is 0.894. The first kappa shape index (κ1) is 14.3. The van der Waals surface area contributed by atoms with Crippen molar-refractivity contribution < 1.29 is 19.1 Å². The second kappa shape index (κ2) is 5.90. The van der Waals surface area contributed by atoms with Crippen LogP contribution in [0.25, 0.3) is 0 Å².